The number of aliphatic carboxylic acids is 1. The molecule has 2 rings (SSSR count). The number of carbonyl (C=O) groups is 2. The van der Waals surface area contributed by atoms with Crippen LogP contribution in [-0.2, 0) is 4.79 Å². The van der Waals surface area contributed by atoms with E-state index in [1.54, 1.807) is 25.3 Å². The Bertz CT molecular complexity index is 679. The van der Waals surface area contributed by atoms with E-state index in [2.05, 4.69) is 10.2 Å². The first-order valence-corrected chi connectivity index (χ1v) is 7.26. The molecule has 0 bridgehead atoms. The van der Waals surface area contributed by atoms with E-state index in [1.807, 2.05) is 19.1 Å². The molecule has 0 aliphatic rings. The second-order valence-corrected chi connectivity index (χ2v) is 5.02. The number of aromatic nitrogens is 2. The van der Waals surface area contributed by atoms with Gasteiger partial charge in [-0.15, -0.1) is 0 Å². The van der Waals surface area contributed by atoms with E-state index in [4.69, 9.17) is 9.84 Å². The van der Waals surface area contributed by atoms with Crippen LogP contribution in [0, 0.1) is 0 Å². The van der Waals surface area contributed by atoms with E-state index < -0.39 is 5.97 Å². The zero-order chi connectivity index (χ0) is 16.8. The van der Waals surface area contributed by atoms with Crippen molar-refractivity contribution < 1.29 is 19.4 Å². The number of ether oxygens (including phenoxy) is 1. The first kappa shape index (κ1) is 16.5. The molecule has 1 aromatic heterocycles. The van der Waals surface area contributed by atoms with Crippen molar-refractivity contribution in [1.29, 1.82) is 0 Å². The molecule has 0 spiro atoms. The molecule has 0 atom stereocenters. The van der Waals surface area contributed by atoms with Crippen LogP contribution in [0.4, 0.5) is 0 Å². The summed E-state index contributed by atoms with van der Waals surface area (Å²) in [7, 11) is 1.59. The molecule has 0 radical (unpaired) electrons. The third-order valence-electron chi connectivity index (χ3n) is 3.30. The molecule has 1 amide bonds. The molecule has 0 unspecified atom stereocenters. The van der Waals surface area contributed by atoms with Crippen LogP contribution >= 0.6 is 0 Å². The lowest BCUT2D eigenvalue weighted by molar-refractivity contribution is -0.137. The summed E-state index contributed by atoms with van der Waals surface area (Å²) in [5.74, 6) is -0.681. The van der Waals surface area contributed by atoms with Crippen LogP contribution in [-0.4, -0.2) is 52.3 Å². The standard InChI is InChI=1S/C16H19N3O4/c1-3-8-19(10-15(20)21)16(22)14-9-13(17-18-14)11-4-6-12(23-2)7-5-11/h4-7,9H,3,8,10H2,1-2H3,(H,17,18)(H,20,21). The average molecular weight is 317 g/mol. The molecular formula is C16H19N3O4. The zero-order valence-electron chi connectivity index (χ0n) is 13.1. The maximum absolute atomic E-state index is 12.4. The third kappa shape index (κ3) is 4.09. The number of benzene rings is 1. The van der Waals surface area contributed by atoms with Gasteiger partial charge < -0.3 is 14.7 Å². The molecule has 2 N–H and O–H groups in total. The molecule has 0 saturated heterocycles. The highest BCUT2D eigenvalue weighted by atomic mass is 16.5. The molecule has 0 aliphatic carbocycles. The van der Waals surface area contributed by atoms with E-state index in [9.17, 15) is 9.59 Å². The lowest BCUT2D eigenvalue weighted by Gasteiger charge is -2.18. The van der Waals surface area contributed by atoms with Crippen molar-refractivity contribution in [1.82, 2.24) is 15.1 Å². The molecule has 7 nitrogen and oxygen atoms in total. The second-order valence-electron chi connectivity index (χ2n) is 5.02. The Morgan fingerprint density at radius 1 is 1.30 bits per heavy atom. The number of nitrogens with one attached hydrogen (secondary N) is 1. The van der Waals surface area contributed by atoms with Crippen LogP contribution in [0.15, 0.2) is 30.3 Å². The number of aromatic amines is 1. The first-order chi connectivity index (χ1) is 11.0. The SMILES string of the molecule is CCCN(CC(=O)O)C(=O)c1cc(-c2ccc(OC)cc2)n[nH]1. The molecule has 0 fully saturated rings. The number of carbonyl (C=O) groups excluding carboxylic acids is 1. The topological polar surface area (TPSA) is 95.5 Å². The van der Waals surface area contributed by atoms with Crippen molar-refractivity contribution in [3.8, 4) is 17.0 Å². The molecule has 1 aromatic carbocycles. The van der Waals surface area contributed by atoms with Crippen molar-refractivity contribution >= 4 is 11.9 Å². The van der Waals surface area contributed by atoms with Crippen LogP contribution in [0.3, 0.4) is 0 Å². The van der Waals surface area contributed by atoms with Gasteiger partial charge in [-0.05, 0) is 36.8 Å². The third-order valence-corrected chi connectivity index (χ3v) is 3.30. The number of methoxy groups -OCH3 is 1. The zero-order valence-corrected chi connectivity index (χ0v) is 13.1. The van der Waals surface area contributed by atoms with E-state index in [1.165, 1.54) is 4.90 Å². The van der Waals surface area contributed by atoms with Crippen LogP contribution in [0.1, 0.15) is 23.8 Å². The van der Waals surface area contributed by atoms with Crippen LogP contribution in [0.25, 0.3) is 11.3 Å². The Kier molecular flexibility index (Phi) is 5.35. The fourth-order valence-electron chi connectivity index (χ4n) is 2.20. The van der Waals surface area contributed by atoms with Gasteiger partial charge in [-0.3, -0.25) is 14.7 Å². The van der Waals surface area contributed by atoms with E-state index in [-0.39, 0.29) is 18.1 Å². The van der Waals surface area contributed by atoms with Gasteiger partial charge in [-0.25, -0.2) is 0 Å². The summed E-state index contributed by atoms with van der Waals surface area (Å²) in [5, 5.41) is 15.7. The fourth-order valence-corrected chi connectivity index (χ4v) is 2.20. The molecule has 0 aliphatic heterocycles. The van der Waals surface area contributed by atoms with Gasteiger partial charge in [0.25, 0.3) is 5.91 Å². The van der Waals surface area contributed by atoms with Gasteiger partial charge in [0.05, 0.1) is 12.8 Å². The highest BCUT2D eigenvalue weighted by molar-refractivity contribution is 5.95. The quantitative estimate of drug-likeness (QED) is 0.814. The van der Waals surface area contributed by atoms with Gasteiger partial charge in [0.1, 0.15) is 18.0 Å². The first-order valence-electron chi connectivity index (χ1n) is 7.26. The molecule has 0 saturated carbocycles. The van der Waals surface area contributed by atoms with Crippen LogP contribution in [0.5, 0.6) is 5.75 Å². The molecule has 1 heterocycles. The Labute approximate surface area is 133 Å². The maximum atomic E-state index is 12.4. The number of rotatable bonds is 7. The summed E-state index contributed by atoms with van der Waals surface area (Å²) in [6, 6.07) is 8.90. The highest BCUT2D eigenvalue weighted by Crippen LogP contribution is 2.21. The van der Waals surface area contributed by atoms with E-state index >= 15 is 0 Å². The Balaban J connectivity index is 2.18. The summed E-state index contributed by atoms with van der Waals surface area (Å²) in [4.78, 5) is 24.5. The molecule has 122 valence electrons. The fraction of sp³-hybridized carbons (Fsp3) is 0.312. The van der Waals surface area contributed by atoms with E-state index in [0.717, 1.165) is 11.3 Å². The maximum Gasteiger partial charge on any atom is 0.323 e. The molecule has 23 heavy (non-hydrogen) atoms. The number of carboxylic acid groups (broad SMARTS) is 1. The van der Waals surface area contributed by atoms with Crippen molar-refractivity contribution in [2.24, 2.45) is 0 Å². The van der Waals surface area contributed by atoms with Gasteiger partial charge in [0, 0.05) is 12.1 Å². The number of hydrogen-bond acceptors (Lipinski definition) is 4. The van der Waals surface area contributed by atoms with Gasteiger partial charge in [-0.2, -0.15) is 5.10 Å². The minimum Gasteiger partial charge on any atom is -0.497 e. The second kappa shape index (κ2) is 7.44. The summed E-state index contributed by atoms with van der Waals surface area (Å²) in [6.45, 7) is 1.93. The predicted octanol–water partition coefficient (Wildman–Crippen LogP) is 2.02. The molecule has 7 heteroatoms. The van der Waals surface area contributed by atoms with Gasteiger partial charge in [0.15, 0.2) is 0 Å². The van der Waals surface area contributed by atoms with E-state index in [0.29, 0.717) is 18.7 Å². The summed E-state index contributed by atoms with van der Waals surface area (Å²) < 4.78 is 5.10. The molecular weight excluding hydrogens is 298 g/mol. The van der Waals surface area contributed by atoms with Gasteiger partial charge >= 0.3 is 5.97 Å². The Morgan fingerprint density at radius 2 is 2.00 bits per heavy atom. The Hall–Kier alpha value is -2.83. The van der Waals surface area contributed by atoms with Gasteiger partial charge in [0.2, 0.25) is 0 Å². The van der Waals surface area contributed by atoms with Crippen molar-refractivity contribution in [2.45, 2.75) is 13.3 Å². The number of carboxylic acids is 1. The lowest BCUT2D eigenvalue weighted by Crippen LogP contribution is -2.36. The van der Waals surface area contributed by atoms with Crippen molar-refractivity contribution in [2.75, 3.05) is 20.2 Å². The van der Waals surface area contributed by atoms with Crippen molar-refractivity contribution in [3.63, 3.8) is 0 Å². The Morgan fingerprint density at radius 3 is 2.57 bits per heavy atom. The minimum absolute atomic E-state index is 0.269. The van der Waals surface area contributed by atoms with Crippen molar-refractivity contribution in [3.05, 3.63) is 36.0 Å². The molecule has 2 aromatic rings. The largest absolute Gasteiger partial charge is 0.497 e. The van der Waals surface area contributed by atoms with Crippen LogP contribution < -0.4 is 4.74 Å². The van der Waals surface area contributed by atoms with Gasteiger partial charge in [-0.1, -0.05) is 6.92 Å². The number of nitrogens with zero attached hydrogens (tertiary/aromatic N) is 2. The predicted molar refractivity (Wildman–Crippen MR) is 84.4 cm³/mol. The minimum atomic E-state index is -1.04. The summed E-state index contributed by atoms with van der Waals surface area (Å²) in [6.07, 6.45) is 0.679. The number of H-pyrrole nitrogens is 1. The number of amides is 1. The lowest BCUT2D eigenvalue weighted by atomic mass is 10.1. The summed E-state index contributed by atoms with van der Waals surface area (Å²) in [5.41, 5.74) is 1.72. The average Bonchev–Trinajstić information content (AvgIpc) is 3.03. The van der Waals surface area contributed by atoms with Crippen LogP contribution in [0.2, 0.25) is 0 Å². The smallest absolute Gasteiger partial charge is 0.323 e. The highest BCUT2D eigenvalue weighted by Gasteiger charge is 2.20. The monoisotopic (exact) mass is 317 g/mol. The summed E-state index contributed by atoms with van der Waals surface area (Å²) >= 11 is 0. The normalized spacial score (nSPS) is 10.3. The number of hydrogen-bond donors (Lipinski definition) is 2.